The molecule has 0 atom stereocenters. The molecule has 3 heteroatoms. The van der Waals surface area contributed by atoms with Gasteiger partial charge in [0, 0.05) is 13.5 Å². The van der Waals surface area contributed by atoms with Gasteiger partial charge in [-0.25, -0.2) is 0 Å². The monoisotopic (exact) mass is 145 g/mol. The van der Waals surface area contributed by atoms with Gasteiger partial charge < -0.3 is 9.47 Å². The van der Waals surface area contributed by atoms with Crippen molar-refractivity contribution in [3.8, 4) is 0 Å². The second-order valence-corrected chi connectivity index (χ2v) is 1.82. The number of esters is 1. The zero-order chi connectivity index (χ0) is 7.82. The lowest BCUT2D eigenvalue weighted by Gasteiger charge is -2.01. The van der Waals surface area contributed by atoms with Crippen LogP contribution in [-0.4, -0.2) is 26.3 Å². The highest BCUT2D eigenvalue weighted by Gasteiger charge is 1.98. The maximum Gasteiger partial charge on any atom is 0.305 e. The van der Waals surface area contributed by atoms with Crippen molar-refractivity contribution in [1.29, 1.82) is 0 Å². The van der Waals surface area contributed by atoms with E-state index in [9.17, 15) is 4.79 Å². The van der Waals surface area contributed by atoms with Gasteiger partial charge in [-0.1, -0.05) is 6.92 Å². The zero-order valence-electron chi connectivity index (χ0n) is 6.26. The summed E-state index contributed by atoms with van der Waals surface area (Å²) >= 11 is 0. The lowest BCUT2D eigenvalue weighted by Crippen LogP contribution is -2.08. The Balaban J connectivity index is 3.05. The van der Waals surface area contributed by atoms with Crippen molar-refractivity contribution < 1.29 is 14.3 Å². The Hall–Kier alpha value is -0.570. The number of carbonyl (C=O) groups is 1. The highest BCUT2D eigenvalue weighted by molar-refractivity contribution is 5.69. The van der Waals surface area contributed by atoms with Crippen molar-refractivity contribution in [1.82, 2.24) is 0 Å². The van der Waals surface area contributed by atoms with Gasteiger partial charge in [0.05, 0.1) is 6.61 Å². The summed E-state index contributed by atoms with van der Waals surface area (Å²) in [6.45, 7) is 4.33. The number of carbonyl (C=O) groups excluding carboxylic acids is 1. The van der Waals surface area contributed by atoms with Gasteiger partial charge in [-0.15, -0.1) is 0 Å². The predicted molar refractivity (Wildman–Crippen MR) is 37.4 cm³/mol. The summed E-state index contributed by atoms with van der Waals surface area (Å²) in [5.74, 6) is -0.202. The molecule has 0 heterocycles. The second-order valence-electron chi connectivity index (χ2n) is 1.82. The molecule has 0 aromatic heterocycles. The normalized spacial score (nSPS) is 9.40. The van der Waals surface area contributed by atoms with E-state index in [-0.39, 0.29) is 5.97 Å². The van der Waals surface area contributed by atoms with Gasteiger partial charge in [0.25, 0.3) is 0 Å². The van der Waals surface area contributed by atoms with Gasteiger partial charge in [0.2, 0.25) is 0 Å². The third-order valence-corrected chi connectivity index (χ3v) is 0.931. The van der Waals surface area contributed by atoms with Crippen LogP contribution in [-0.2, 0) is 14.3 Å². The predicted octanol–water partition coefficient (Wildman–Crippen LogP) is 0.790. The fourth-order valence-corrected chi connectivity index (χ4v) is 0.455. The smallest absolute Gasteiger partial charge is 0.305 e. The van der Waals surface area contributed by atoms with Crippen molar-refractivity contribution in [3.05, 3.63) is 6.92 Å². The van der Waals surface area contributed by atoms with Gasteiger partial charge in [-0.05, 0) is 6.42 Å². The van der Waals surface area contributed by atoms with E-state index < -0.39 is 0 Å². The molecule has 59 valence electrons. The molecule has 0 N–H and O–H groups in total. The molecular weight excluding hydrogens is 132 g/mol. The Morgan fingerprint density at radius 2 is 2.20 bits per heavy atom. The fourth-order valence-electron chi connectivity index (χ4n) is 0.455. The van der Waals surface area contributed by atoms with Gasteiger partial charge in [0.1, 0.15) is 6.61 Å². The molecule has 0 saturated carbocycles. The Morgan fingerprint density at radius 1 is 1.50 bits per heavy atom. The standard InChI is InChI=1S/C7H13O3/c1-3-4-7(8)10-6-5-9-2/h1,3-6H2,2H3. The molecular formula is C7H13O3. The van der Waals surface area contributed by atoms with E-state index in [1.807, 2.05) is 0 Å². The molecule has 3 nitrogen and oxygen atoms in total. The number of rotatable bonds is 5. The summed E-state index contributed by atoms with van der Waals surface area (Å²) in [4.78, 5) is 10.6. The van der Waals surface area contributed by atoms with Crippen LogP contribution in [0.2, 0.25) is 0 Å². The zero-order valence-corrected chi connectivity index (χ0v) is 6.26. The van der Waals surface area contributed by atoms with Gasteiger partial charge >= 0.3 is 5.97 Å². The number of hydrogen-bond donors (Lipinski definition) is 0. The van der Waals surface area contributed by atoms with E-state index in [0.717, 1.165) is 0 Å². The molecule has 0 aliphatic carbocycles. The Bertz CT molecular complexity index is 90.9. The fraction of sp³-hybridized carbons (Fsp3) is 0.714. The largest absolute Gasteiger partial charge is 0.463 e. The van der Waals surface area contributed by atoms with E-state index in [1.165, 1.54) is 0 Å². The van der Waals surface area contributed by atoms with Crippen LogP contribution >= 0.6 is 0 Å². The average molecular weight is 145 g/mol. The molecule has 0 aromatic rings. The van der Waals surface area contributed by atoms with Crippen LogP contribution < -0.4 is 0 Å². The van der Waals surface area contributed by atoms with Gasteiger partial charge in [-0.2, -0.15) is 0 Å². The van der Waals surface area contributed by atoms with E-state index in [2.05, 4.69) is 11.7 Å². The molecule has 0 saturated heterocycles. The summed E-state index contributed by atoms with van der Waals surface area (Å²) < 4.78 is 9.40. The molecule has 0 aliphatic rings. The second kappa shape index (κ2) is 6.55. The number of hydrogen-bond acceptors (Lipinski definition) is 3. The highest BCUT2D eigenvalue weighted by Crippen LogP contribution is 1.89. The summed E-state index contributed by atoms with van der Waals surface area (Å²) in [6.07, 6.45) is 0.982. The first-order valence-corrected chi connectivity index (χ1v) is 3.25. The van der Waals surface area contributed by atoms with Crippen LogP contribution in [0.15, 0.2) is 0 Å². The van der Waals surface area contributed by atoms with Crippen molar-refractivity contribution in [2.75, 3.05) is 20.3 Å². The molecule has 0 aliphatic heterocycles. The van der Waals surface area contributed by atoms with E-state index in [4.69, 9.17) is 4.74 Å². The number of ether oxygens (including phenoxy) is 2. The highest BCUT2D eigenvalue weighted by atomic mass is 16.6. The molecule has 0 amide bonds. The topological polar surface area (TPSA) is 35.5 Å². The summed E-state index contributed by atoms with van der Waals surface area (Å²) in [5, 5.41) is 0. The molecule has 0 unspecified atom stereocenters. The van der Waals surface area contributed by atoms with Crippen LogP contribution in [0.4, 0.5) is 0 Å². The van der Waals surface area contributed by atoms with Crippen molar-refractivity contribution in [2.24, 2.45) is 0 Å². The van der Waals surface area contributed by atoms with Gasteiger partial charge in [0.15, 0.2) is 0 Å². The van der Waals surface area contributed by atoms with E-state index in [0.29, 0.717) is 26.1 Å². The maximum atomic E-state index is 10.6. The third kappa shape index (κ3) is 5.56. The Morgan fingerprint density at radius 3 is 2.70 bits per heavy atom. The van der Waals surface area contributed by atoms with Crippen LogP contribution in [0, 0.1) is 6.92 Å². The lowest BCUT2D eigenvalue weighted by atomic mass is 10.3. The minimum atomic E-state index is -0.202. The van der Waals surface area contributed by atoms with Crippen LogP contribution in [0.25, 0.3) is 0 Å². The first kappa shape index (κ1) is 9.43. The molecule has 10 heavy (non-hydrogen) atoms. The minimum Gasteiger partial charge on any atom is -0.463 e. The molecule has 0 bridgehead atoms. The van der Waals surface area contributed by atoms with Crippen molar-refractivity contribution >= 4 is 5.97 Å². The third-order valence-electron chi connectivity index (χ3n) is 0.931. The van der Waals surface area contributed by atoms with Crippen LogP contribution in [0.3, 0.4) is 0 Å². The quantitative estimate of drug-likeness (QED) is 0.424. The van der Waals surface area contributed by atoms with Gasteiger partial charge in [-0.3, -0.25) is 4.79 Å². The molecule has 0 rings (SSSR count). The SMILES string of the molecule is [CH2]CCC(=O)OCCOC. The minimum absolute atomic E-state index is 0.202. The van der Waals surface area contributed by atoms with E-state index >= 15 is 0 Å². The van der Waals surface area contributed by atoms with Crippen molar-refractivity contribution in [2.45, 2.75) is 12.8 Å². The number of methoxy groups -OCH3 is 1. The van der Waals surface area contributed by atoms with E-state index in [1.54, 1.807) is 7.11 Å². The molecule has 0 fully saturated rings. The first-order valence-electron chi connectivity index (χ1n) is 3.25. The molecule has 1 radical (unpaired) electrons. The van der Waals surface area contributed by atoms with Crippen LogP contribution in [0.1, 0.15) is 12.8 Å². The Labute approximate surface area is 61.3 Å². The summed E-state index contributed by atoms with van der Waals surface area (Å²) in [7, 11) is 1.56. The van der Waals surface area contributed by atoms with Crippen LogP contribution in [0.5, 0.6) is 0 Å². The summed E-state index contributed by atoms with van der Waals surface area (Å²) in [5.41, 5.74) is 0. The lowest BCUT2D eigenvalue weighted by molar-refractivity contribution is -0.144. The Kier molecular flexibility index (Phi) is 6.18. The maximum absolute atomic E-state index is 10.6. The first-order chi connectivity index (χ1) is 4.81. The molecule has 0 spiro atoms. The van der Waals surface area contributed by atoms with Crippen molar-refractivity contribution in [3.63, 3.8) is 0 Å². The average Bonchev–Trinajstić information content (AvgIpc) is 1.89. The summed E-state index contributed by atoms with van der Waals surface area (Å²) in [6, 6.07) is 0. The molecule has 0 aromatic carbocycles.